The zero-order chi connectivity index (χ0) is 17.2. The van der Waals surface area contributed by atoms with E-state index in [0.29, 0.717) is 6.54 Å². The quantitative estimate of drug-likeness (QED) is 0.842. The number of hydrogen-bond donors (Lipinski definition) is 1. The Morgan fingerprint density at radius 1 is 1.13 bits per heavy atom. The van der Waals surface area contributed by atoms with Crippen molar-refractivity contribution in [2.24, 2.45) is 0 Å². The first-order valence-electron chi connectivity index (χ1n) is 8.19. The zero-order valence-electron chi connectivity index (χ0n) is 15.2. The maximum absolute atomic E-state index is 12.6. The molecule has 0 spiro atoms. The number of hydrogen-bond acceptors (Lipinski definition) is 2. The van der Waals surface area contributed by atoms with Crippen molar-refractivity contribution in [1.82, 2.24) is 9.88 Å². The summed E-state index contributed by atoms with van der Waals surface area (Å²) in [7, 11) is 0. The highest BCUT2D eigenvalue weighted by Gasteiger charge is 2.22. The van der Waals surface area contributed by atoms with Gasteiger partial charge in [-0.2, -0.15) is 0 Å². The molecule has 0 atom stereocenters. The van der Waals surface area contributed by atoms with Gasteiger partial charge in [-0.25, -0.2) is 0 Å². The first kappa shape index (κ1) is 17.5. The molecule has 0 unspecified atom stereocenters. The number of nitrogens with one attached hydrogen (secondary N) is 1. The second-order valence-electron chi connectivity index (χ2n) is 7.24. The fourth-order valence-electron chi connectivity index (χ4n) is 3.29. The van der Waals surface area contributed by atoms with Crippen LogP contribution in [-0.2, 0) is 12.1 Å². The van der Waals surface area contributed by atoms with Gasteiger partial charge < -0.3 is 9.88 Å². The molecule has 1 heterocycles. The van der Waals surface area contributed by atoms with Crippen LogP contribution >= 0.6 is 0 Å². The van der Waals surface area contributed by atoms with E-state index in [-0.39, 0.29) is 11.3 Å². The highest BCUT2D eigenvalue weighted by Crippen LogP contribution is 2.24. The highest BCUT2D eigenvalue weighted by atomic mass is 16.1. The first-order chi connectivity index (χ1) is 10.7. The molecule has 3 nitrogen and oxygen atoms in total. The Balaban J connectivity index is 2.06. The molecule has 0 saturated heterocycles. The molecule has 2 aromatic rings. The van der Waals surface area contributed by atoms with E-state index >= 15 is 0 Å². The van der Waals surface area contributed by atoms with Crippen LogP contribution in [0.5, 0.6) is 0 Å². The molecule has 0 amide bonds. The first-order valence-corrected chi connectivity index (χ1v) is 8.19. The molecule has 3 heteroatoms. The summed E-state index contributed by atoms with van der Waals surface area (Å²) < 4.78 is 2.24. The van der Waals surface area contributed by atoms with Crippen molar-refractivity contribution in [1.29, 1.82) is 0 Å². The molecule has 0 radical (unpaired) electrons. The van der Waals surface area contributed by atoms with Gasteiger partial charge in [-0.1, -0.05) is 24.3 Å². The highest BCUT2D eigenvalue weighted by molar-refractivity contribution is 5.99. The monoisotopic (exact) mass is 312 g/mol. The number of aryl methyl sites for hydroxylation is 2. The van der Waals surface area contributed by atoms with E-state index in [9.17, 15) is 4.79 Å². The van der Waals surface area contributed by atoms with Crippen molar-refractivity contribution in [2.75, 3.05) is 6.54 Å². The second kappa shape index (κ2) is 6.71. The number of ketones is 1. The van der Waals surface area contributed by atoms with Crippen LogP contribution in [0.25, 0.3) is 0 Å². The van der Waals surface area contributed by atoms with Gasteiger partial charge in [0.25, 0.3) is 0 Å². The average molecular weight is 312 g/mol. The van der Waals surface area contributed by atoms with Gasteiger partial charge in [-0.15, -0.1) is 0 Å². The minimum atomic E-state index is -0.0126. The lowest BCUT2D eigenvalue weighted by atomic mass is 10.1. The Hall–Kier alpha value is -1.87. The van der Waals surface area contributed by atoms with Crippen LogP contribution < -0.4 is 5.32 Å². The van der Waals surface area contributed by atoms with Crippen LogP contribution in [-0.4, -0.2) is 16.9 Å². The Labute approximate surface area is 139 Å². The molecule has 1 aromatic carbocycles. The number of nitrogens with zero attached hydrogens (tertiary/aromatic N) is 1. The van der Waals surface area contributed by atoms with Gasteiger partial charge in [0.2, 0.25) is 0 Å². The predicted molar refractivity (Wildman–Crippen MR) is 96.1 cm³/mol. The standard InChI is InChI=1S/C20H28N2O/c1-14-9-7-8-10-17(14)12-21-13-19(23)18-11-15(2)22(16(18)3)20(4,5)6/h7-11,21H,12-13H2,1-6H3. The number of benzene rings is 1. The van der Waals surface area contributed by atoms with Gasteiger partial charge in [0.05, 0.1) is 6.54 Å². The van der Waals surface area contributed by atoms with Gasteiger partial charge in [0.15, 0.2) is 5.78 Å². The number of carbonyl (C=O) groups is 1. The Morgan fingerprint density at radius 3 is 2.35 bits per heavy atom. The molecule has 0 aliphatic rings. The van der Waals surface area contributed by atoms with E-state index in [1.165, 1.54) is 11.1 Å². The normalized spacial score (nSPS) is 11.7. The SMILES string of the molecule is Cc1ccccc1CNCC(=O)c1cc(C)n(C(C)(C)C)c1C. The van der Waals surface area contributed by atoms with Crippen LogP contribution in [0.4, 0.5) is 0 Å². The van der Waals surface area contributed by atoms with Crippen molar-refractivity contribution < 1.29 is 4.79 Å². The lowest BCUT2D eigenvalue weighted by Gasteiger charge is -2.25. The molecule has 0 bridgehead atoms. The van der Waals surface area contributed by atoms with Gasteiger partial charge >= 0.3 is 0 Å². The maximum atomic E-state index is 12.6. The van der Waals surface area contributed by atoms with Gasteiger partial charge in [0, 0.05) is 29.0 Å². The van der Waals surface area contributed by atoms with Crippen molar-refractivity contribution in [3.05, 3.63) is 58.4 Å². The number of aromatic nitrogens is 1. The molecule has 23 heavy (non-hydrogen) atoms. The van der Waals surface area contributed by atoms with Crippen LogP contribution in [0.1, 0.15) is 53.6 Å². The van der Waals surface area contributed by atoms with E-state index in [1.54, 1.807) is 0 Å². The van der Waals surface area contributed by atoms with Crippen molar-refractivity contribution in [3.63, 3.8) is 0 Å². The lowest BCUT2D eigenvalue weighted by Crippen LogP contribution is -2.26. The van der Waals surface area contributed by atoms with Crippen LogP contribution in [0, 0.1) is 20.8 Å². The van der Waals surface area contributed by atoms with E-state index in [1.807, 2.05) is 25.1 Å². The summed E-state index contributed by atoms with van der Waals surface area (Å²) in [6.45, 7) is 13.8. The van der Waals surface area contributed by atoms with Gasteiger partial charge in [-0.3, -0.25) is 4.79 Å². The van der Waals surface area contributed by atoms with E-state index in [2.05, 4.69) is 56.6 Å². The predicted octanol–water partition coefficient (Wildman–Crippen LogP) is 4.14. The van der Waals surface area contributed by atoms with Gasteiger partial charge in [-0.05, 0) is 58.7 Å². The van der Waals surface area contributed by atoms with E-state index < -0.39 is 0 Å². The van der Waals surface area contributed by atoms with Gasteiger partial charge in [0.1, 0.15) is 0 Å². The Morgan fingerprint density at radius 2 is 1.78 bits per heavy atom. The summed E-state index contributed by atoms with van der Waals surface area (Å²) in [5.74, 6) is 0.155. The summed E-state index contributed by atoms with van der Waals surface area (Å²) in [6.07, 6.45) is 0. The summed E-state index contributed by atoms with van der Waals surface area (Å²) in [6, 6.07) is 10.3. The average Bonchev–Trinajstić information content (AvgIpc) is 2.75. The fraction of sp³-hybridized carbons (Fsp3) is 0.450. The molecule has 1 aromatic heterocycles. The summed E-state index contributed by atoms with van der Waals surface area (Å²) in [5.41, 5.74) is 5.49. The minimum absolute atomic E-state index is 0.0126. The topological polar surface area (TPSA) is 34.0 Å². The number of rotatable bonds is 5. The third-order valence-electron chi connectivity index (χ3n) is 4.26. The minimum Gasteiger partial charge on any atom is -0.343 e. The second-order valence-corrected chi connectivity index (χ2v) is 7.24. The van der Waals surface area contributed by atoms with Crippen LogP contribution in [0.2, 0.25) is 0 Å². The van der Waals surface area contributed by atoms with Crippen LogP contribution in [0.3, 0.4) is 0 Å². The maximum Gasteiger partial charge on any atom is 0.178 e. The molecular weight excluding hydrogens is 284 g/mol. The van der Waals surface area contributed by atoms with E-state index in [0.717, 1.165) is 23.5 Å². The third kappa shape index (κ3) is 3.91. The van der Waals surface area contributed by atoms with Crippen molar-refractivity contribution in [3.8, 4) is 0 Å². The van der Waals surface area contributed by atoms with E-state index in [4.69, 9.17) is 0 Å². The number of Topliss-reactive ketones (excluding diaryl/α,β-unsaturated/α-hetero) is 1. The Bertz CT molecular complexity index is 705. The fourth-order valence-corrected chi connectivity index (χ4v) is 3.29. The van der Waals surface area contributed by atoms with Crippen molar-refractivity contribution >= 4 is 5.78 Å². The molecule has 0 aliphatic heterocycles. The lowest BCUT2D eigenvalue weighted by molar-refractivity contribution is 0.0990. The van der Waals surface area contributed by atoms with Crippen LogP contribution in [0.15, 0.2) is 30.3 Å². The third-order valence-corrected chi connectivity index (χ3v) is 4.26. The molecular formula is C20H28N2O. The molecule has 0 fully saturated rings. The Kier molecular flexibility index (Phi) is 5.10. The molecule has 124 valence electrons. The summed E-state index contributed by atoms with van der Waals surface area (Å²) in [5, 5.41) is 3.28. The van der Waals surface area contributed by atoms with Crippen molar-refractivity contribution in [2.45, 2.75) is 53.6 Å². The molecule has 1 N–H and O–H groups in total. The molecule has 0 saturated carbocycles. The molecule has 0 aliphatic carbocycles. The smallest absolute Gasteiger partial charge is 0.178 e. The number of carbonyl (C=O) groups excluding carboxylic acids is 1. The summed E-state index contributed by atoms with van der Waals surface area (Å²) in [4.78, 5) is 12.6. The largest absolute Gasteiger partial charge is 0.343 e. The molecule has 2 rings (SSSR count). The summed E-state index contributed by atoms with van der Waals surface area (Å²) >= 11 is 0. The zero-order valence-corrected chi connectivity index (χ0v) is 15.2.